The van der Waals surface area contributed by atoms with Gasteiger partial charge >= 0.3 is 0 Å². The van der Waals surface area contributed by atoms with Crippen LogP contribution in [0.15, 0.2) is 18.2 Å². The maximum atomic E-state index is 12.4. The lowest BCUT2D eigenvalue weighted by molar-refractivity contribution is 0.0629. The quantitative estimate of drug-likeness (QED) is 0.778. The first-order valence-electron chi connectivity index (χ1n) is 6.49. The predicted molar refractivity (Wildman–Crippen MR) is 76.9 cm³/mol. The van der Waals surface area contributed by atoms with Gasteiger partial charge in [-0.1, -0.05) is 26.8 Å². The molecule has 2 heteroatoms. The third-order valence-corrected chi connectivity index (χ3v) is 3.91. The molecule has 0 aliphatic rings. The van der Waals surface area contributed by atoms with Gasteiger partial charge in [0.25, 0.3) is 5.91 Å². The molecule has 18 heavy (non-hydrogen) atoms. The zero-order valence-electron chi connectivity index (χ0n) is 12.7. The predicted octanol–water partition coefficient (Wildman–Crippen LogP) is 3.81. The number of hydrogen-bond donors (Lipinski definition) is 0. The molecule has 0 bridgehead atoms. The molecule has 1 aromatic rings. The molecule has 0 radical (unpaired) electrons. The summed E-state index contributed by atoms with van der Waals surface area (Å²) < 4.78 is 0. The van der Waals surface area contributed by atoms with Crippen LogP contribution in [0.3, 0.4) is 0 Å². The zero-order valence-corrected chi connectivity index (χ0v) is 12.7. The number of rotatable bonds is 2. The van der Waals surface area contributed by atoms with E-state index in [4.69, 9.17) is 0 Å². The van der Waals surface area contributed by atoms with Crippen molar-refractivity contribution in [3.63, 3.8) is 0 Å². The Morgan fingerprint density at radius 3 is 2.17 bits per heavy atom. The summed E-state index contributed by atoms with van der Waals surface area (Å²) in [6, 6.07) is 6.10. The van der Waals surface area contributed by atoms with Crippen molar-refractivity contribution < 1.29 is 4.79 Å². The van der Waals surface area contributed by atoms with Crippen LogP contribution in [0.2, 0.25) is 0 Å². The number of benzene rings is 1. The molecule has 0 fully saturated rings. The molecule has 0 saturated heterocycles. The second kappa shape index (κ2) is 5.13. The lowest BCUT2D eigenvalue weighted by Crippen LogP contribution is -2.42. The summed E-state index contributed by atoms with van der Waals surface area (Å²) in [4.78, 5) is 14.3. The lowest BCUT2D eigenvalue weighted by atomic mass is 9.87. The van der Waals surface area contributed by atoms with Crippen LogP contribution in [-0.2, 0) is 0 Å². The Kier molecular flexibility index (Phi) is 4.20. The highest BCUT2D eigenvalue weighted by Crippen LogP contribution is 2.24. The van der Waals surface area contributed by atoms with Crippen LogP contribution in [0, 0.1) is 19.3 Å². The highest BCUT2D eigenvalue weighted by Gasteiger charge is 2.27. The molecule has 2 nitrogen and oxygen atoms in total. The largest absolute Gasteiger partial charge is 0.338 e. The van der Waals surface area contributed by atoms with E-state index in [2.05, 4.69) is 34.6 Å². The Balaban J connectivity index is 2.97. The molecule has 100 valence electrons. The molecule has 0 aliphatic heterocycles. The molecule has 1 amide bonds. The molecule has 0 spiro atoms. The summed E-state index contributed by atoms with van der Waals surface area (Å²) in [6.07, 6.45) is 0. The topological polar surface area (TPSA) is 20.3 Å². The molecular formula is C16H25NO. The van der Waals surface area contributed by atoms with E-state index in [-0.39, 0.29) is 17.4 Å². The number of nitrogens with zero attached hydrogens (tertiary/aromatic N) is 1. The summed E-state index contributed by atoms with van der Waals surface area (Å²) in [5, 5.41) is 0. The number of aryl methyl sites for hydroxylation is 2. The van der Waals surface area contributed by atoms with E-state index < -0.39 is 0 Å². The van der Waals surface area contributed by atoms with Gasteiger partial charge in [0.05, 0.1) is 0 Å². The van der Waals surface area contributed by atoms with E-state index >= 15 is 0 Å². The van der Waals surface area contributed by atoms with Gasteiger partial charge in [-0.15, -0.1) is 0 Å². The van der Waals surface area contributed by atoms with E-state index in [1.807, 2.05) is 37.1 Å². The summed E-state index contributed by atoms with van der Waals surface area (Å²) in [5.41, 5.74) is 3.25. The third kappa shape index (κ3) is 3.12. The molecule has 1 aromatic carbocycles. The van der Waals surface area contributed by atoms with Gasteiger partial charge in [-0.2, -0.15) is 0 Å². The molecule has 0 aliphatic carbocycles. The fraction of sp³-hybridized carbons (Fsp3) is 0.562. The second-order valence-corrected chi connectivity index (χ2v) is 6.26. The van der Waals surface area contributed by atoms with Crippen molar-refractivity contribution in [1.29, 1.82) is 0 Å². The zero-order chi connectivity index (χ0) is 14.1. The van der Waals surface area contributed by atoms with Crippen molar-refractivity contribution in [2.45, 2.75) is 47.6 Å². The minimum Gasteiger partial charge on any atom is -0.338 e. The van der Waals surface area contributed by atoms with E-state index in [0.29, 0.717) is 0 Å². The van der Waals surface area contributed by atoms with E-state index in [9.17, 15) is 4.79 Å². The maximum Gasteiger partial charge on any atom is 0.253 e. The van der Waals surface area contributed by atoms with Gasteiger partial charge in [0.1, 0.15) is 0 Å². The summed E-state index contributed by atoms with van der Waals surface area (Å²) >= 11 is 0. The molecule has 0 aromatic heterocycles. The van der Waals surface area contributed by atoms with Gasteiger partial charge < -0.3 is 4.90 Å². The SMILES string of the molecule is Cc1ccc(C(=O)N(C)C(C)C(C)(C)C)cc1C. The van der Waals surface area contributed by atoms with Crippen molar-refractivity contribution in [3.05, 3.63) is 34.9 Å². The normalized spacial score (nSPS) is 13.3. The maximum absolute atomic E-state index is 12.4. The van der Waals surface area contributed by atoms with Gasteiger partial charge in [-0.3, -0.25) is 4.79 Å². The Hall–Kier alpha value is -1.31. The molecule has 1 unspecified atom stereocenters. The Labute approximate surface area is 111 Å². The minimum absolute atomic E-state index is 0.0875. The van der Waals surface area contributed by atoms with Gasteiger partial charge in [0.15, 0.2) is 0 Å². The first-order valence-corrected chi connectivity index (χ1v) is 6.49. The van der Waals surface area contributed by atoms with Gasteiger partial charge in [0, 0.05) is 18.7 Å². The summed E-state index contributed by atoms with van der Waals surface area (Å²) in [7, 11) is 1.88. The Morgan fingerprint density at radius 1 is 1.17 bits per heavy atom. The standard InChI is InChI=1S/C16H25NO/c1-11-8-9-14(10-12(11)2)15(18)17(7)13(3)16(4,5)6/h8-10,13H,1-7H3. The van der Waals surface area contributed by atoms with Gasteiger partial charge in [-0.05, 0) is 49.4 Å². The number of amides is 1. The average molecular weight is 247 g/mol. The van der Waals surface area contributed by atoms with Crippen molar-refractivity contribution >= 4 is 5.91 Å². The molecular weight excluding hydrogens is 222 g/mol. The highest BCUT2D eigenvalue weighted by atomic mass is 16.2. The van der Waals surface area contributed by atoms with Crippen molar-refractivity contribution in [2.24, 2.45) is 5.41 Å². The minimum atomic E-state index is 0.0875. The van der Waals surface area contributed by atoms with E-state index in [1.165, 1.54) is 5.56 Å². The summed E-state index contributed by atoms with van der Waals surface area (Å²) in [6.45, 7) is 12.7. The molecule has 1 rings (SSSR count). The fourth-order valence-electron chi connectivity index (χ4n) is 1.83. The second-order valence-electron chi connectivity index (χ2n) is 6.26. The smallest absolute Gasteiger partial charge is 0.253 e. The van der Waals surface area contributed by atoms with Gasteiger partial charge in [0.2, 0.25) is 0 Å². The highest BCUT2D eigenvalue weighted by molar-refractivity contribution is 5.94. The first kappa shape index (κ1) is 14.7. The summed E-state index contributed by atoms with van der Waals surface area (Å²) in [5.74, 6) is 0.0977. The number of carbonyl (C=O) groups is 1. The fourth-order valence-corrected chi connectivity index (χ4v) is 1.83. The monoisotopic (exact) mass is 247 g/mol. The Bertz CT molecular complexity index is 443. The first-order chi connectivity index (χ1) is 8.14. The van der Waals surface area contributed by atoms with E-state index in [1.54, 1.807) is 0 Å². The van der Waals surface area contributed by atoms with Crippen LogP contribution in [0.25, 0.3) is 0 Å². The molecule has 0 heterocycles. The van der Waals surface area contributed by atoms with Crippen molar-refractivity contribution in [1.82, 2.24) is 4.90 Å². The van der Waals surface area contributed by atoms with Crippen LogP contribution < -0.4 is 0 Å². The lowest BCUT2D eigenvalue weighted by Gasteiger charge is -2.35. The number of hydrogen-bond acceptors (Lipinski definition) is 1. The van der Waals surface area contributed by atoms with Crippen LogP contribution >= 0.6 is 0 Å². The van der Waals surface area contributed by atoms with Crippen LogP contribution in [0.5, 0.6) is 0 Å². The van der Waals surface area contributed by atoms with Gasteiger partial charge in [-0.25, -0.2) is 0 Å². The molecule has 0 saturated carbocycles. The Morgan fingerprint density at radius 2 is 1.72 bits per heavy atom. The van der Waals surface area contributed by atoms with E-state index in [0.717, 1.165) is 11.1 Å². The molecule has 1 atom stereocenters. The van der Waals surface area contributed by atoms with Crippen molar-refractivity contribution in [3.8, 4) is 0 Å². The average Bonchev–Trinajstić information content (AvgIpc) is 2.28. The molecule has 0 N–H and O–H groups in total. The number of carbonyl (C=O) groups excluding carboxylic acids is 1. The van der Waals surface area contributed by atoms with Crippen molar-refractivity contribution in [2.75, 3.05) is 7.05 Å². The third-order valence-electron chi connectivity index (χ3n) is 3.91. The van der Waals surface area contributed by atoms with Crippen LogP contribution in [0.4, 0.5) is 0 Å². The van der Waals surface area contributed by atoms with Crippen LogP contribution in [-0.4, -0.2) is 23.9 Å². The van der Waals surface area contributed by atoms with Crippen LogP contribution in [0.1, 0.15) is 49.2 Å².